The van der Waals surface area contributed by atoms with Gasteiger partial charge in [-0.05, 0) is 51.1 Å². The first-order valence-corrected chi connectivity index (χ1v) is 7.80. The van der Waals surface area contributed by atoms with Gasteiger partial charge in [-0.2, -0.15) is 5.10 Å². The predicted octanol–water partition coefficient (Wildman–Crippen LogP) is 5.21. The van der Waals surface area contributed by atoms with Gasteiger partial charge in [0.1, 0.15) is 0 Å². The number of rotatable bonds is 4. The fourth-order valence-electron chi connectivity index (χ4n) is 2.14. The van der Waals surface area contributed by atoms with E-state index in [0.29, 0.717) is 15.7 Å². The molecule has 2 aromatic carbocycles. The summed E-state index contributed by atoms with van der Waals surface area (Å²) in [5, 5.41) is 7.88. The van der Waals surface area contributed by atoms with Gasteiger partial charge in [0.05, 0.1) is 16.4 Å². The van der Waals surface area contributed by atoms with Crippen LogP contribution in [0.5, 0.6) is 0 Å². The Morgan fingerprint density at radius 1 is 1.14 bits per heavy atom. The summed E-state index contributed by atoms with van der Waals surface area (Å²) in [6, 6.07) is 13.2. The quantitative estimate of drug-likeness (QED) is 0.473. The van der Waals surface area contributed by atoms with E-state index in [4.69, 9.17) is 34.0 Å². The number of benzene rings is 2. The largest absolute Gasteiger partial charge is 0.398 e. The first-order valence-electron chi connectivity index (χ1n) is 7.04. The lowest BCUT2D eigenvalue weighted by atomic mass is 10.1. The molecule has 5 heteroatoms. The van der Waals surface area contributed by atoms with Crippen LogP contribution in [0, 0.1) is 0 Å². The minimum atomic E-state index is 0.148. The van der Waals surface area contributed by atoms with Crippen molar-refractivity contribution in [1.82, 2.24) is 0 Å². The van der Waals surface area contributed by atoms with Gasteiger partial charge in [0, 0.05) is 22.3 Å². The highest BCUT2D eigenvalue weighted by atomic mass is 35.5. The van der Waals surface area contributed by atoms with Crippen LogP contribution in [-0.2, 0) is 0 Å². The van der Waals surface area contributed by atoms with E-state index in [-0.39, 0.29) is 6.04 Å². The number of hydrogen-bond acceptors (Lipinski definition) is 3. The number of para-hydroxylation sites is 1. The molecule has 0 atom stereocenters. The average Bonchev–Trinajstić information content (AvgIpc) is 2.47. The summed E-state index contributed by atoms with van der Waals surface area (Å²) in [6.07, 6.45) is 0. The number of halogens is 2. The van der Waals surface area contributed by atoms with Gasteiger partial charge >= 0.3 is 0 Å². The first-order chi connectivity index (χ1) is 10.4. The Kier molecular flexibility index (Phi) is 5.33. The third kappa shape index (κ3) is 3.73. The maximum Gasteiger partial charge on any atom is 0.0783 e. The number of anilines is 2. The zero-order valence-electron chi connectivity index (χ0n) is 12.8. The molecule has 0 radical (unpaired) electrons. The molecular formula is C17H19Cl2N3. The van der Waals surface area contributed by atoms with Crippen LogP contribution in [0.25, 0.3) is 0 Å². The van der Waals surface area contributed by atoms with E-state index in [1.165, 1.54) is 0 Å². The van der Waals surface area contributed by atoms with E-state index in [9.17, 15) is 0 Å². The van der Waals surface area contributed by atoms with Crippen LogP contribution in [0.3, 0.4) is 0 Å². The van der Waals surface area contributed by atoms with Gasteiger partial charge in [-0.3, -0.25) is 5.01 Å². The van der Waals surface area contributed by atoms with Gasteiger partial charge in [0.15, 0.2) is 0 Å². The van der Waals surface area contributed by atoms with E-state index in [1.54, 1.807) is 12.1 Å². The average molecular weight is 336 g/mol. The molecule has 0 fully saturated rings. The zero-order valence-corrected chi connectivity index (χ0v) is 14.4. The minimum Gasteiger partial charge on any atom is -0.398 e. The molecule has 22 heavy (non-hydrogen) atoms. The molecule has 0 aliphatic carbocycles. The monoisotopic (exact) mass is 335 g/mol. The standard InChI is InChI=1S/C17H19Cl2N3/c1-11(2)22(17-7-5-4-6-15(17)19)21-12(3)14-10-13(18)8-9-16(14)20/h4-11H,20H2,1-3H3/b21-12+. The van der Waals surface area contributed by atoms with E-state index < -0.39 is 0 Å². The van der Waals surface area contributed by atoms with E-state index in [2.05, 4.69) is 13.8 Å². The van der Waals surface area contributed by atoms with Gasteiger partial charge in [0.25, 0.3) is 0 Å². The summed E-state index contributed by atoms with van der Waals surface area (Å²) < 4.78 is 0. The minimum absolute atomic E-state index is 0.148. The van der Waals surface area contributed by atoms with Crippen LogP contribution in [0.4, 0.5) is 11.4 Å². The molecule has 2 N–H and O–H groups in total. The van der Waals surface area contributed by atoms with Crippen molar-refractivity contribution in [2.24, 2.45) is 5.10 Å². The number of nitrogen functional groups attached to an aromatic ring is 1. The Morgan fingerprint density at radius 2 is 1.82 bits per heavy atom. The number of hydrazone groups is 1. The first kappa shape index (κ1) is 16.7. The Labute approximate surface area is 141 Å². The maximum atomic E-state index is 6.29. The van der Waals surface area contributed by atoms with Gasteiger partial charge in [-0.1, -0.05) is 35.3 Å². The van der Waals surface area contributed by atoms with Crippen LogP contribution in [0.1, 0.15) is 26.3 Å². The molecule has 0 bridgehead atoms. The molecule has 0 aromatic heterocycles. The van der Waals surface area contributed by atoms with Crippen LogP contribution in [0.2, 0.25) is 10.0 Å². The van der Waals surface area contributed by atoms with Crippen molar-refractivity contribution in [1.29, 1.82) is 0 Å². The lowest BCUT2D eigenvalue weighted by Gasteiger charge is -2.25. The summed E-state index contributed by atoms with van der Waals surface area (Å²) in [6.45, 7) is 6.02. The Morgan fingerprint density at radius 3 is 2.45 bits per heavy atom. The highest BCUT2D eigenvalue weighted by Crippen LogP contribution is 2.28. The van der Waals surface area contributed by atoms with Crippen molar-refractivity contribution in [2.45, 2.75) is 26.8 Å². The number of hydrogen-bond donors (Lipinski definition) is 1. The molecule has 0 unspecified atom stereocenters. The third-order valence-electron chi connectivity index (χ3n) is 3.25. The molecule has 0 aliphatic heterocycles. The third-order valence-corrected chi connectivity index (χ3v) is 3.81. The Balaban J connectivity index is 2.46. The predicted molar refractivity (Wildman–Crippen MR) is 97.1 cm³/mol. The molecular weight excluding hydrogens is 317 g/mol. The second kappa shape index (κ2) is 7.03. The molecule has 0 saturated carbocycles. The summed E-state index contributed by atoms with van der Waals surface area (Å²) >= 11 is 12.3. The lowest BCUT2D eigenvalue weighted by molar-refractivity contribution is 0.713. The molecule has 3 nitrogen and oxygen atoms in total. The van der Waals surface area contributed by atoms with Gasteiger partial charge in [0.2, 0.25) is 0 Å². The van der Waals surface area contributed by atoms with Crippen LogP contribution < -0.4 is 10.7 Å². The van der Waals surface area contributed by atoms with Crippen molar-refractivity contribution in [3.63, 3.8) is 0 Å². The highest BCUT2D eigenvalue weighted by molar-refractivity contribution is 6.33. The second-order valence-electron chi connectivity index (χ2n) is 5.31. The highest BCUT2D eigenvalue weighted by Gasteiger charge is 2.14. The molecule has 0 aliphatic rings. The number of nitrogens with two attached hydrogens (primary N) is 1. The summed E-state index contributed by atoms with van der Waals surface area (Å²) in [5.41, 5.74) is 9.14. The molecule has 0 saturated heterocycles. The normalized spacial score (nSPS) is 11.8. The molecule has 0 heterocycles. The van der Waals surface area contributed by atoms with Crippen molar-refractivity contribution in [3.8, 4) is 0 Å². The smallest absolute Gasteiger partial charge is 0.0783 e. The second-order valence-corrected chi connectivity index (χ2v) is 6.15. The van der Waals surface area contributed by atoms with Crippen molar-refractivity contribution < 1.29 is 0 Å². The molecule has 2 rings (SSSR count). The van der Waals surface area contributed by atoms with Gasteiger partial charge < -0.3 is 5.73 Å². The molecule has 116 valence electrons. The zero-order chi connectivity index (χ0) is 16.3. The fourth-order valence-corrected chi connectivity index (χ4v) is 2.54. The summed E-state index contributed by atoms with van der Waals surface area (Å²) in [5.74, 6) is 0. The van der Waals surface area contributed by atoms with Crippen molar-refractivity contribution in [3.05, 3.63) is 58.1 Å². The van der Waals surface area contributed by atoms with E-state index in [0.717, 1.165) is 17.0 Å². The van der Waals surface area contributed by atoms with Crippen LogP contribution in [-0.4, -0.2) is 11.8 Å². The van der Waals surface area contributed by atoms with Crippen LogP contribution >= 0.6 is 23.2 Å². The van der Waals surface area contributed by atoms with Crippen LogP contribution in [0.15, 0.2) is 47.6 Å². The number of nitrogens with zero attached hydrogens (tertiary/aromatic N) is 2. The molecule has 0 spiro atoms. The Bertz CT molecular complexity index is 696. The van der Waals surface area contributed by atoms with Crippen molar-refractivity contribution >= 4 is 40.3 Å². The maximum absolute atomic E-state index is 6.29. The van der Waals surface area contributed by atoms with E-state index >= 15 is 0 Å². The summed E-state index contributed by atoms with van der Waals surface area (Å²) in [4.78, 5) is 0. The van der Waals surface area contributed by atoms with Gasteiger partial charge in [-0.25, -0.2) is 0 Å². The Hall–Kier alpha value is -1.71. The lowest BCUT2D eigenvalue weighted by Crippen LogP contribution is -2.26. The topological polar surface area (TPSA) is 41.6 Å². The molecule has 0 amide bonds. The van der Waals surface area contributed by atoms with Crippen molar-refractivity contribution in [2.75, 3.05) is 10.7 Å². The molecule has 2 aromatic rings. The van der Waals surface area contributed by atoms with Gasteiger partial charge in [-0.15, -0.1) is 0 Å². The summed E-state index contributed by atoms with van der Waals surface area (Å²) in [7, 11) is 0. The fraction of sp³-hybridized carbons (Fsp3) is 0.235. The SMILES string of the molecule is C/C(=N\N(c1ccccc1Cl)C(C)C)c1cc(Cl)ccc1N. The van der Waals surface area contributed by atoms with E-state index in [1.807, 2.05) is 42.3 Å².